The van der Waals surface area contributed by atoms with Crippen molar-refractivity contribution in [1.29, 1.82) is 0 Å². The zero-order chi connectivity index (χ0) is 14.6. The Bertz CT molecular complexity index is 514. The van der Waals surface area contributed by atoms with E-state index in [9.17, 15) is 14.4 Å². The number of nitrogens with one attached hydrogen (secondary N) is 2. The van der Waals surface area contributed by atoms with E-state index in [2.05, 4.69) is 10.6 Å². The van der Waals surface area contributed by atoms with Crippen LogP contribution in [-0.2, 0) is 9.59 Å². The molecule has 0 heterocycles. The molecule has 8 heteroatoms. The van der Waals surface area contributed by atoms with Gasteiger partial charge in [0.2, 0.25) is 5.91 Å². The highest BCUT2D eigenvalue weighted by atomic mass is 35.5. The molecular formula is C11H11Cl2N3O3. The quantitative estimate of drug-likeness (QED) is 0.713. The van der Waals surface area contributed by atoms with Gasteiger partial charge in [0.25, 0.3) is 11.8 Å². The zero-order valence-corrected chi connectivity index (χ0v) is 11.4. The molecule has 6 nitrogen and oxygen atoms in total. The van der Waals surface area contributed by atoms with E-state index >= 15 is 0 Å². The van der Waals surface area contributed by atoms with Crippen LogP contribution in [0.15, 0.2) is 18.2 Å². The van der Waals surface area contributed by atoms with Gasteiger partial charge in [0, 0.05) is 22.5 Å². The molecule has 0 saturated carbocycles. The van der Waals surface area contributed by atoms with E-state index in [0.717, 1.165) is 0 Å². The molecule has 0 spiro atoms. The Balaban J connectivity index is 2.87. The largest absolute Gasteiger partial charge is 0.366 e. The van der Waals surface area contributed by atoms with Crippen molar-refractivity contribution in [3.05, 3.63) is 33.8 Å². The zero-order valence-electron chi connectivity index (χ0n) is 9.87. The number of nitrogens with two attached hydrogens (primary N) is 1. The van der Waals surface area contributed by atoms with Crippen LogP contribution >= 0.6 is 23.2 Å². The summed E-state index contributed by atoms with van der Waals surface area (Å²) in [4.78, 5) is 33.8. The fourth-order valence-corrected chi connectivity index (χ4v) is 1.81. The summed E-state index contributed by atoms with van der Waals surface area (Å²) in [7, 11) is 0. The molecule has 0 radical (unpaired) electrons. The van der Waals surface area contributed by atoms with Crippen molar-refractivity contribution in [3.8, 4) is 0 Å². The molecule has 1 rings (SSSR count). The molecule has 1 aromatic rings. The van der Waals surface area contributed by atoms with Gasteiger partial charge in [-0.3, -0.25) is 14.4 Å². The third-order valence-corrected chi connectivity index (χ3v) is 2.47. The van der Waals surface area contributed by atoms with Crippen molar-refractivity contribution >= 4 is 40.9 Å². The van der Waals surface area contributed by atoms with Gasteiger partial charge in [-0.25, -0.2) is 0 Å². The van der Waals surface area contributed by atoms with Crippen molar-refractivity contribution in [2.75, 3.05) is 0 Å². The molecule has 0 bridgehead atoms. The fraction of sp³-hybridized carbons (Fsp3) is 0.182. The first-order valence-corrected chi connectivity index (χ1v) is 5.88. The number of carbonyl (C=O) groups is 3. The van der Waals surface area contributed by atoms with Gasteiger partial charge >= 0.3 is 0 Å². The van der Waals surface area contributed by atoms with Gasteiger partial charge in [-0.05, 0) is 18.2 Å². The van der Waals surface area contributed by atoms with Crippen molar-refractivity contribution in [1.82, 2.24) is 10.6 Å². The second-order valence-corrected chi connectivity index (χ2v) is 4.54. The first-order chi connectivity index (χ1) is 8.79. The summed E-state index contributed by atoms with van der Waals surface area (Å²) in [6.07, 6.45) is -1.30. The molecule has 3 amide bonds. The van der Waals surface area contributed by atoms with Gasteiger partial charge in [0.05, 0.1) is 0 Å². The number of halogens is 2. The number of primary amides is 1. The Labute approximate surface area is 119 Å². The Kier molecular flexibility index (Phi) is 5.14. The summed E-state index contributed by atoms with van der Waals surface area (Å²) >= 11 is 11.5. The molecule has 102 valence electrons. The molecule has 1 aromatic carbocycles. The fourth-order valence-electron chi connectivity index (χ4n) is 1.28. The lowest BCUT2D eigenvalue weighted by atomic mass is 10.2. The van der Waals surface area contributed by atoms with Gasteiger partial charge in [-0.15, -0.1) is 0 Å². The van der Waals surface area contributed by atoms with E-state index in [1.807, 2.05) is 0 Å². The maximum atomic E-state index is 11.9. The van der Waals surface area contributed by atoms with Gasteiger partial charge in [0.15, 0.2) is 6.17 Å². The molecule has 0 saturated heterocycles. The molecule has 0 aliphatic heterocycles. The average Bonchev–Trinajstić information content (AvgIpc) is 2.25. The molecular weight excluding hydrogens is 293 g/mol. The minimum Gasteiger partial charge on any atom is -0.366 e. The minimum atomic E-state index is -1.30. The minimum absolute atomic E-state index is 0.147. The smallest absolute Gasteiger partial charge is 0.260 e. The van der Waals surface area contributed by atoms with Gasteiger partial charge in [-0.1, -0.05) is 23.2 Å². The summed E-state index contributed by atoms with van der Waals surface area (Å²) in [5, 5.41) is 5.00. The highest BCUT2D eigenvalue weighted by Crippen LogP contribution is 2.18. The third kappa shape index (κ3) is 4.76. The first kappa shape index (κ1) is 15.3. The van der Waals surface area contributed by atoms with E-state index in [1.54, 1.807) is 0 Å². The lowest BCUT2D eigenvalue weighted by molar-refractivity contribution is -0.126. The van der Waals surface area contributed by atoms with Crippen LogP contribution in [0.3, 0.4) is 0 Å². The molecule has 0 aliphatic rings. The van der Waals surface area contributed by atoms with Crippen LogP contribution in [0.1, 0.15) is 17.3 Å². The number of rotatable bonds is 4. The van der Waals surface area contributed by atoms with Crippen molar-refractivity contribution < 1.29 is 14.4 Å². The maximum Gasteiger partial charge on any atom is 0.260 e. The molecule has 1 unspecified atom stereocenters. The predicted molar refractivity (Wildman–Crippen MR) is 70.7 cm³/mol. The number of carbonyl (C=O) groups excluding carboxylic acids is 3. The lowest BCUT2D eigenvalue weighted by Crippen LogP contribution is -2.54. The van der Waals surface area contributed by atoms with Crippen LogP contribution in [-0.4, -0.2) is 23.9 Å². The van der Waals surface area contributed by atoms with E-state index < -0.39 is 23.9 Å². The summed E-state index contributed by atoms with van der Waals surface area (Å²) in [6, 6.07) is 4.20. The van der Waals surface area contributed by atoms with Gasteiger partial charge < -0.3 is 16.4 Å². The summed E-state index contributed by atoms with van der Waals surface area (Å²) in [5.41, 5.74) is 5.20. The summed E-state index contributed by atoms with van der Waals surface area (Å²) in [6.45, 7) is 1.19. The SMILES string of the molecule is CC(=O)NC(NC(=O)c1cc(Cl)cc(Cl)c1)C(N)=O. The number of hydrogen-bond acceptors (Lipinski definition) is 3. The standard InChI is InChI=1S/C11H11Cl2N3O3/c1-5(17)15-10(9(14)18)16-11(19)6-2-7(12)4-8(13)3-6/h2-4,10H,1H3,(H2,14,18)(H,15,17)(H,16,19). The Morgan fingerprint density at radius 2 is 1.63 bits per heavy atom. The molecule has 0 aromatic heterocycles. The summed E-state index contributed by atoms with van der Waals surface area (Å²) < 4.78 is 0. The number of benzene rings is 1. The van der Waals surface area contributed by atoms with E-state index in [4.69, 9.17) is 28.9 Å². The van der Waals surface area contributed by atoms with Crippen molar-refractivity contribution in [2.45, 2.75) is 13.1 Å². The van der Waals surface area contributed by atoms with E-state index in [-0.39, 0.29) is 15.6 Å². The number of amides is 3. The van der Waals surface area contributed by atoms with Crippen LogP contribution in [0.2, 0.25) is 10.0 Å². The van der Waals surface area contributed by atoms with Crippen molar-refractivity contribution in [3.63, 3.8) is 0 Å². The van der Waals surface area contributed by atoms with Crippen LogP contribution in [0.5, 0.6) is 0 Å². The highest BCUT2D eigenvalue weighted by molar-refractivity contribution is 6.35. The maximum absolute atomic E-state index is 11.9. The number of hydrogen-bond donors (Lipinski definition) is 3. The van der Waals surface area contributed by atoms with Crippen LogP contribution < -0.4 is 16.4 Å². The monoisotopic (exact) mass is 303 g/mol. The molecule has 19 heavy (non-hydrogen) atoms. The average molecular weight is 304 g/mol. The second-order valence-electron chi connectivity index (χ2n) is 3.67. The third-order valence-electron chi connectivity index (χ3n) is 2.03. The Morgan fingerprint density at radius 1 is 1.11 bits per heavy atom. The van der Waals surface area contributed by atoms with Gasteiger partial charge in [0.1, 0.15) is 0 Å². The highest BCUT2D eigenvalue weighted by Gasteiger charge is 2.19. The summed E-state index contributed by atoms with van der Waals surface area (Å²) in [5.74, 6) is -2.04. The van der Waals surface area contributed by atoms with Gasteiger partial charge in [-0.2, -0.15) is 0 Å². The normalized spacial score (nSPS) is 11.5. The second kappa shape index (κ2) is 6.40. The van der Waals surface area contributed by atoms with Crippen LogP contribution in [0.25, 0.3) is 0 Å². The first-order valence-electron chi connectivity index (χ1n) is 5.13. The van der Waals surface area contributed by atoms with Crippen LogP contribution in [0, 0.1) is 0 Å². The molecule has 4 N–H and O–H groups in total. The molecule has 0 fully saturated rings. The molecule has 0 aliphatic carbocycles. The van der Waals surface area contributed by atoms with Crippen molar-refractivity contribution in [2.24, 2.45) is 5.73 Å². The Morgan fingerprint density at radius 3 is 2.05 bits per heavy atom. The van der Waals surface area contributed by atoms with E-state index in [1.165, 1.54) is 25.1 Å². The molecule has 1 atom stereocenters. The topological polar surface area (TPSA) is 101 Å². The van der Waals surface area contributed by atoms with Crippen LogP contribution in [0.4, 0.5) is 0 Å². The Hall–Kier alpha value is -1.79. The lowest BCUT2D eigenvalue weighted by Gasteiger charge is -2.16. The van der Waals surface area contributed by atoms with E-state index in [0.29, 0.717) is 0 Å². The predicted octanol–water partition coefficient (Wildman–Crippen LogP) is 0.671.